The molecule has 0 saturated heterocycles. The molecule has 0 bridgehead atoms. The van der Waals surface area contributed by atoms with Crippen LogP contribution in [0, 0.1) is 0 Å². The van der Waals surface area contributed by atoms with Crippen molar-refractivity contribution in [2.75, 3.05) is 5.32 Å². The van der Waals surface area contributed by atoms with E-state index in [9.17, 15) is 4.79 Å². The number of amides is 1. The van der Waals surface area contributed by atoms with Crippen LogP contribution in [0.15, 0.2) is 53.3 Å². The molecule has 0 aliphatic carbocycles. The molecule has 0 aliphatic rings. The first-order valence-electron chi connectivity index (χ1n) is 5.74. The van der Waals surface area contributed by atoms with Crippen LogP contribution in [0.5, 0.6) is 0 Å². The quantitative estimate of drug-likeness (QED) is 0.710. The molecule has 2 heterocycles. The van der Waals surface area contributed by atoms with Crippen LogP contribution in [0.3, 0.4) is 0 Å². The number of anilines is 1. The van der Waals surface area contributed by atoms with Crippen LogP contribution in [-0.2, 0) is 0 Å². The average Bonchev–Trinajstić information content (AvgIpc) is 2.86. The lowest BCUT2D eigenvalue weighted by Gasteiger charge is -2.05. The van der Waals surface area contributed by atoms with Crippen LogP contribution in [0.1, 0.15) is 10.4 Å². The number of aromatic amines is 1. The summed E-state index contributed by atoms with van der Waals surface area (Å²) in [6.07, 6.45) is 1.82. The van der Waals surface area contributed by atoms with Gasteiger partial charge in [0.15, 0.2) is 0 Å². The summed E-state index contributed by atoms with van der Waals surface area (Å²) < 4.78 is 0.685. The van der Waals surface area contributed by atoms with Gasteiger partial charge in [0.05, 0.1) is 0 Å². The fourth-order valence-electron chi connectivity index (χ4n) is 1.94. The molecule has 0 aliphatic heterocycles. The summed E-state index contributed by atoms with van der Waals surface area (Å²) in [5.74, 6) is 0.350. The molecule has 0 radical (unpaired) electrons. The molecule has 2 aromatic heterocycles. The lowest BCUT2D eigenvalue weighted by atomic mass is 10.1. The van der Waals surface area contributed by atoms with Crippen LogP contribution in [0.2, 0.25) is 0 Å². The highest BCUT2D eigenvalue weighted by atomic mass is 79.9. The van der Waals surface area contributed by atoms with Gasteiger partial charge in [0.2, 0.25) is 0 Å². The largest absolute Gasteiger partial charge is 0.361 e. The summed E-state index contributed by atoms with van der Waals surface area (Å²) in [5, 5.41) is 3.69. The average molecular weight is 316 g/mol. The van der Waals surface area contributed by atoms with Crippen molar-refractivity contribution in [2.45, 2.75) is 0 Å². The maximum absolute atomic E-state index is 12.3. The highest BCUT2D eigenvalue weighted by Crippen LogP contribution is 2.19. The van der Waals surface area contributed by atoms with Crippen LogP contribution >= 0.6 is 15.9 Å². The van der Waals surface area contributed by atoms with Crippen LogP contribution in [-0.4, -0.2) is 15.9 Å². The van der Waals surface area contributed by atoms with E-state index in [0.717, 1.165) is 10.9 Å². The van der Waals surface area contributed by atoms with E-state index in [4.69, 9.17) is 0 Å². The summed E-state index contributed by atoms with van der Waals surface area (Å²) in [6.45, 7) is 0. The molecule has 2 N–H and O–H groups in total. The van der Waals surface area contributed by atoms with Crippen molar-refractivity contribution < 1.29 is 4.79 Å². The number of pyridine rings is 1. The minimum absolute atomic E-state index is 0.171. The molecule has 0 fully saturated rings. The maximum Gasteiger partial charge on any atom is 0.257 e. The van der Waals surface area contributed by atoms with Crippen LogP contribution in [0.25, 0.3) is 10.9 Å². The second-order valence-electron chi connectivity index (χ2n) is 4.04. The minimum atomic E-state index is -0.171. The summed E-state index contributed by atoms with van der Waals surface area (Å²) in [7, 11) is 0. The van der Waals surface area contributed by atoms with Gasteiger partial charge in [-0.15, -0.1) is 0 Å². The first-order valence-corrected chi connectivity index (χ1v) is 6.53. The fourth-order valence-corrected chi connectivity index (χ4v) is 2.29. The van der Waals surface area contributed by atoms with E-state index >= 15 is 0 Å². The smallest absolute Gasteiger partial charge is 0.257 e. The van der Waals surface area contributed by atoms with Gasteiger partial charge in [-0.3, -0.25) is 4.79 Å². The van der Waals surface area contributed by atoms with Gasteiger partial charge in [-0.2, -0.15) is 0 Å². The molecule has 0 saturated carbocycles. The molecule has 5 heteroatoms. The Morgan fingerprint density at radius 2 is 2.00 bits per heavy atom. The van der Waals surface area contributed by atoms with E-state index in [2.05, 4.69) is 31.2 Å². The van der Waals surface area contributed by atoms with Crippen molar-refractivity contribution in [3.05, 3.63) is 58.8 Å². The normalized spacial score (nSPS) is 10.6. The summed E-state index contributed by atoms with van der Waals surface area (Å²) >= 11 is 3.27. The second-order valence-corrected chi connectivity index (χ2v) is 4.86. The topological polar surface area (TPSA) is 57.8 Å². The number of nitrogens with one attached hydrogen (secondary N) is 2. The van der Waals surface area contributed by atoms with Gasteiger partial charge in [0, 0.05) is 22.7 Å². The Bertz CT molecular complexity index is 751. The number of rotatable bonds is 2. The number of H-pyrrole nitrogens is 1. The highest BCUT2D eigenvalue weighted by molar-refractivity contribution is 9.10. The molecule has 1 amide bonds. The fraction of sp³-hybridized carbons (Fsp3) is 0. The van der Waals surface area contributed by atoms with E-state index in [0.29, 0.717) is 16.0 Å². The van der Waals surface area contributed by atoms with Crippen molar-refractivity contribution in [1.82, 2.24) is 9.97 Å². The maximum atomic E-state index is 12.3. The van der Waals surface area contributed by atoms with Crippen molar-refractivity contribution in [1.29, 1.82) is 0 Å². The molecule has 3 rings (SSSR count). The van der Waals surface area contributed by atoms with Gasteiger partial charge in [0.25, 0.3) is 5.91 Å². The Balaban J connectivity index is 1.94. The number of aromatic nitrogens is 2. The van der Waals surface area contributed by atoms with Gasteiger partial charge in [-0.25, -0.2) is 4.98 Å². The van der Waals surface area contributed by atoms with Crippen LogP contribution < -0.4 is 5.32 Å². The number of hydrogen-bond acceptors (Lipinski definition) is 2. The number of nitrogens with zero attached hydrogens (tertiary/aromatic N) is 1. The third-order valence-electron chi connectivity index (χ3n) is 2.80. The predicted molar refractivity (Wildman–Crippen MR) is 78.2 cm³/mol. The minimum Gasteiger partial charge on any atom is -0.361 e. The first kappa shape index (κ1) is 11.9. The highest BCUT2D eigenvalue weighted by Gasteiger charge is 2.11. The number of fused-ring (bicyclic) bond motifs is 1. The Morgan fingerprint density at radius 1 is 1.16 bits per heavy atom. The van der Waals surface area contributed by atoms with Crippen molar-refractivity contribution in [2.24, 2.45) is 0 Å². The van der Waals surface area contributed by atoms with Gasteiger partial charge in [-0.05, 0) is 46.3 Å². The zero-order valence-corrected chi connectivity index (χ0v) is 11.4. The van der Waals surface area contributed by atoms with E-state index < -0.39 is 0 Å². The Labute approximate surface area is 118 Å². The molecule has 3 aromatic rings. The second kappa shape index (κ2) is 4.85. The number of benzene rings is 1. The van der Waals surface area contributed by atoms with Gasteiger partial charge in [0.1, 0.15) is 10.4 Å². The standard InChI is InChI=1S/C14H10BrN3O/c15-12-5-2-6-13(17-12)18-14(19)10-3-1-4-11-9(10)7-8-16-11/h1-8,16H,(H,17,18,19). The zero-order chi connectivity index (χ0) is 13.2. The molecule has 1 aromatic carbocycles. The van der Waals surface area contributed by atoms with E-state index in [1.54, 1.807) is 12.1 Å². The molecular formula is C14H10BrN3O. The molecule has 94 valence electrons. The van der Waals surface area contributed by atoms with Gasteiger partial charge in [-0.1, -0.05) is 12.1 Å². The lowest BCUT2D eigenvalue weighted by molar-refractivity contribution is 0.102. The lowest BCUT2D eigenvalue weighted by Crippen LogP contribution is -2.13. The van der Waals surface area contributed by atoms with Crippen molar-refractivity contribution >= 4 is 38.6 Å². The van der Waals surface area contributed by atoms with Gasteiger partial charge < -0.3 is 10.3 Å². The number of carbonyl (C=O) groups is 1. The van der Waals surface area contributed by atoms with E-state index in [1.165, 1.54) is 0 Å². The first-order chi connectivity index (χ1) is 9.24. The molecule has 19 heavy (non-hydrogen) atoms. The van der Waals surface area contributed by atoms with E-state index in [1.807, 2.05) is 36.5 Å². The summed E-state index contributed by atoms with van der Waals surface area (Å²) in [6, 6.07) is 12.8. The molecule has 4 nitrogen and oxygen atoms in total. The number of carbonyl (C=O) groups excluding carboxylic acids is 1. The third kappa shape index (κ3) is 2.37. The summed E-state index contributed by atoms with van der Waals surface area (Å²) in [5.41, 5.74) is 1.57. The molecular weight excluding hydrogens is 306 g/mol. The Kier molecular flexibility index (Phi) is 3.05. The SMILES string of the molecule is O=C(Nc1cccc(Br)n1)c1cccc2[nH]ccc12. The van der Waals surface area contributed by atoms with Crippen LogP contribution in [0.4, 0.5) is 5.82 Å². The number of halogens is 1. The van der Waals surface area contributed by atoms with Crippen molar-refractivity contribution in [3.63, 3.8) is 0 Å². The molecule has 0 spiro atoms. The zero-order valence-electron chi connectivity index (χ0n) is 9.85. The summed E-state index contributed by atoms with van der Waals surface area (Å²) in [4.78, 5) is 19.5. The third-order valence-corrected chi connectivity index (χ3v) is 3.24. The monoisotopic (exact) mass is 315 g/mol. The van der Waals surface area contributed by atoms with E-state index in [-0.39, 0.29) is 5.91 Å². The Hall–Kier alpha value is -2.14. The Morgan fingerprint density at radius 3 is 2.84 bits per heavy atom. The van der Waals surface area contributed by atoms with Crippen molar-refractivity contribution in [3.8, 4) is 0 Å². The van der Waals surface area contributed by atoms with Gasteiger partial charge >= 0.3 is 0 Å². The molecule has 0 atom stereocenters. The number of hydrogen-bond donors (Lipinski definition) is 2. The molecule has 0 unspecified atom stereocenters. The predicted octanol–water partition coefficient (Wildman–Crippen LogP) is 3.58.